The van der Waals surface area contributed by atoms with Crippen LogP contribution in [0.5, 0.6) is 0 Å². The van der Waals surface area contributed by atoms with Crippen molar-refractivity contribution in [3.8, 4) is 0 Å². The van der Waals surface area contributed by atoms with Crippen LogP contribution >= 0.6 is 0 Å². The molecule has 2 rings (SSSR count). The largest absolute Gasteiger partial charge is 0.374 e. The van der Waals surface area contributed by atoms with E-state index in [1.807, 2.05) is 0 Å². The average Bonchev–Trinajstić information content (AvgIpc) is 2.54. The maximum atomic E-state index is 13.9. The van der Waals surface area contributed by atoms with Crippen molar-refractivity contribution in [3.63, 3.8) is 0 Å². The van der Waals surface area contributed by atoms with E-state index in [0.29, 0.717) is 9.79 Å². The molecule has 0 N–H and O–H groups in total. The maximum Gasteiger partial charge on any atom is 0.374 e. The SMILES string of the molecule is FC(F)C(F)(F)C(F)(F)C[S+](c1ccccc1)c1ccccc1. The lowest BCUT2D eigenvalue weighted by atomic mass is 10.2. The van der Waals surface area contributed by atoms with Crippen molar-refractivity contribution >= 4 is 10.9 Å². The highest BCUT2D eigenvalue weighted by Crippen LogP contribution is 2.42. The molecule has 0 aromatic heterocycles. The molecule has 0 saturated heterocycles. The second-order valence-corrected chi connectivity index (χ2v) is 6.80. The standard InChI is InChI=1S/C16H13F6S/c17-14(18)16(21,22)15(19,20)11-23(12-7-3-1-4-8-12)13-9-5-2-6-10-13/h1-10,14H,11H2/q+1. The van der Waals surface area contributed by atoms with Gasteiger partial charge in [-0.2, -0.15) is 17.6 Å². The van der Waals surface area contributed by atoms with E-state index in [0.717, 1.165) is 0 Å². The zero-order valence-electron chi connectivity index (χ0n) is 11.7. The van der Waals surface area contributed by atoms with Gasteiger partial charge in [-0.1, -0.05) is 36.4 Å². The molecule has 0 unspecified atom stereocenters. The number of hydrogen-bond acceptors (Lipinski definition) is 0. The molecular formula is C16H13F6S+. The topological polar surface area (TPSA) is 0 Å². The summed E-state index contributed by atoms with van der Waals surface area (Å²) < 4.78 is 78.8. The molecular weight excluding hydrogens is 338 g/mol. The third-order valence-electron chi connectivity index (χ3n) is 3.14. The summed E-state index contributed by atoms with van der Waals surface area (Å²) in [6.07, 6.45) is -4.42. The number of hydrogen-bond donors (Lipinski definition) is 0. The Labute approximate surface area is 132 Å². The Morgan fingerprint density at radius 2 is 1.13 bits per heavy atom. The maximum absolute atomic E-state index is 13.9. The third-order valence-corrected chi connectivity index (χ3v) is 5.48. The average molecular weight is 351 g/mol. The van der Waals surface area contributed by atoms with Gasteiger partial charge in [-0.3, -0.25) is 0 Å². The van der Waals surface area contributed by atoms with E-state index in [4.69, 9.17) is 0 Å². The zero-order valence-corrected chi connectivity index (χ0v) is 12.6. The first-order chi connectivity index (χ1) is 10.8. The normalized spacial score (nSPS) is 12.9. The quantitative estimate of drug-likeness (QED) is 0.492. The summed E-state index contributed by atoms with van der Waals surface area (Å²) in [5.74, 6) is -11.6. The molecule has 0 atom stereocenters. The second kappa shape index (κ2) is 6.86. The molecule has 0 spiro atoms. The minimum atomic E-state index is -5.37. The van der Waals surface area contributed by atoms with Crippen LogP contribution in [-0.4, -0.2) is 24.0 Å². The molecule has 23 heavy (non-hydrogen) atoms. The Balaban J connectivity index is 2.40. The molecule has 2 aromatic rings. The lowest BCUT2D eigenvalue weighted by molar-refractivity contribution is -0.253. The zero-order chi connectivity index (χ0) is 17.1. The number of rotatable bonds is 6. The summed E-state index contributed by atoms with van der Waals surface area (Å²) in [5.41, 5.74) is 0. The summed E-state index contributed by atoms with van der Waals surface area (Å²) in [6, 6.07) is 15.7. The van der Waals surface area contributed by atoms with Crippen LogP contribution in [-0.2, 0) is 10.9 Å². The minimum absolute atomic E-state index is 0.392. The van der Waals surface area contributed by atoms with Crippen LogP contribution in [0, 0.1) is 0 Å². The molecule has 2 aromatic carbocycles. The Hall–Kier alpha value is -1.63. The molecule has 0 nitrogen and oxygen atoms in total. The van der Waals surface area contributed by atoms with E-state index in [2.05, 4.69) is 0 Å². The summed E-state index contributed by atoms with van der Waals surface area (Å²) >= 11 is 0. The molecule has 0 aliphatic heterocycles. The van der Waals surface area contributed by atoms with Crippen molar-refractivity contribution in [2.24, 2.45) is 0 Å². The fourth-order valence-electron chi connectivity index (χ4n) is 1.91. The molecule has 0 heterocycles. The molecule has 0 amide bonds. The number of alkyl halides is 6. The highest BCUT2D eigenvalue weighted by atomic mass is 32.2. The van der Waals surface area contributed by atoms with Gasteiger partial charge in [0.25, 0.3) is 0 Å². The molecule has 0 fully saturated rings. The molecule has 7 heteroatoms. The Bertz CT molecular complexity index is 575. The number of benzene rings is 2. The fourth-order valence-corrected chi connectivity index (χ4v) is 4.04. The summed E-state index contributed by atoms with van der Waals surface area (Å²) in [6.45, 7) is 0. The van der Waals surface area contributed by atoms with Gasteiger partial charge in [-0.05, 0) is 24.3 Å². The van der Waals surface area contributed by atoms with Crippen molar-refractivity contribution in [2.75, 3.05) is 5.75 Å². The van der Waals surface area contributed by atoms with Gasteiger partial charge in [0.05, 0.1) is 10.9 Å². The van der Waals surface area contributed by atoms with Crippen LogP contribution in [0.15, 0.2) is 70.5 Å². The predicted octanol–water partition coefficient (Wildman–Crippen LogP) is 5.26. The molecule has 0 aliphatic carbocycles. The van der Waals surface area contributed by atoms with Crippen LogP contribution in [0.2, 0.25) is 0 Å². The summed E-state index contributed by atoms with van der Waals surface area (Å²) in [5, 5.41) is 0. The Kier molecular flexibility index (Phi) is 5.29. The van der Waals surface area contributed by atoms with E-state index >= 15 is 0 Å². The van der Waals surface area contributed by atoms with Gasteiger partial charge in [-0.15, -0.1) is 0 Å². The van der Waals surface area contributed by atoms with Crippen LogP contribution in [0.1, 0.15) is 0 Å². The summed E-state index contributed by atoms with van der Waals surface area (Å²) in [4.78, 5) is 0.784. The third kappa shape index (κ3) is 3.83. The molecule has 0 radical (unpaired) electrons. The first kappa shape index (κ1) is 17.7. The molecule has 124 valence electrons. The highest BCUT2D eigenvalue weighted by Gasteiger charge is 2.66. The van der Waals surface area contributed by atoms with E-state index < -0.39 is 34.9 Å². The summed E-state index contributed by atoms with van der Waals surface area (Å²) in [7, 11) is -1.45. The van der Waals surface area contributed by atoms with Gasteiger partial charge >= 0.3 is 18.3 Å². The molecule has 0 saturated carbocycles. The fraction of sp³-hybridized carbons (Fsp3) is 0.250. The Morgan fingerprint density at radius 3 is 1.48 bits per heavy atom. The highest BCUT2D eigenvalue weighted by molar-refractivity contribution is 7.97. The van der Waals surface area contributed by atoms with Crippen molar-refractivity contribution in [2.45, 2.75) is 28.1 Å². The lowest BCUT2D eigenvalue weighted by Crippen LogP contribution is -2.50. The van der Waals surface area contributed by atoms with Crippen LogP contribution in [0.3, 0.4) is 0 Å². The minimum Gasteiger partial charge on any atom is -0.203 e. The molecule has 0 aliphatic rings. The van der Waals surface area contributed by atoms with Crippen molar-refractivity contribution < 1.29 is 26.3 Å². The second-order valence-electron chi connectivity index (χ2n) is 4.79. The smallest absolute Gasteiger partial charge is 0.203 e. The van der Waals surface area contributed by atoms with E-state index in [9.17, 15) is 26.3 Å². The van der Waals surface area contributed by atoms with E-state index in [1.54, 1.807) is 36.4 Å². The van der Waals surface area contributed by atoms with Gasteiger partial charge in [0.1, 0.15) is 0 Å². The van der Waals surface area contributed by atoms with Crippen LogP contribution in [0.25, 0.3) is 0 Å². The van der Waals surface area contributed by atoms with Crippen LogP contribution < -0.4 is 0 Å². The van der Waals surface area contributed by atoms with Gasteiger partial charge in [0, 0.05) is 0 Å². The molecule has 0 bridgehead atoms. The first-order valence-corrected chi connectivity index (χ1v) is 8.00. The number of halogens is 6. The lowest BCUT2D eigenvalue weighted by Gasteiger charge is -2.25. The van der Waals surface area contributed by atoms with Gasteiger partial charge in [0.15, 0.2) is 15.5 Å². The Morgan fingerprint density at radius 1 is 0.739 bits per heavy atom. The van der Waals surface area contributed by atoms with Gasteiger partial charge in [0.2, 0.25) is 0 Å². The van der Waals surface area contributed by atoms with Crippen molar-refractivity contribution in [3.05, 3.63) is 60.7 Å². The van der Waals surface area contributed by atoms with E-state index in [-0.39, 0.29) is 0 Å². The van der Waals surface area contributed by atoms with E-state index in [1.165, 1.54) is 24.3 Å². The van der Waals surface area contributed by atoms with Crippen LogP contribution in [0.4, 0.5) is 26.3 Å². The van der Waals surface area contributed by atoms with Crippen molar-refractivity contribution in [1.29, 1.82) is 0 Å². The van der Waals surface area contributed by atoms with Crippen molar-refractivity contribution in [1.82, 2.24) is 0 Å². The van der Waals surface area contributed by atoms with Gasteiger partial charge < -0.3 is 0 Å². The monoisotopic (exact) mass is 351 g/mol. The van der Waals surface area contributed by atoms with Gasteiger partial charge in [-0.25, -0.2) is 8.78 Å². The predicted molar refractivity (Wildman–Crippen MR) is 77.5 cm³/mol. The first-order valence-electron chi connectivity index (χ1n) is 6.60.